The van der Waals surface area contributed by atoms with E-state index >= 15 is 0 Å². The summed E-state index contributed by atoms with van der Waals surface area (Å²) >= 11 is 0.417. The van der Waals surface area contributed by atoms with E-state index in [4.69, 9.17) is 21.0 Å². The highest BCUT2D eigenvalue weighted by Crippen LogP contribution is 2.51. The molecule has 0 aromatic heterocycles. The van der Waals surface area contributed by atoms with Crippen molar-refractivity contribution in [2.24, 2.45) is 30.7 Å². The molecular formula is C33H24N8O23S6. The summed E-state index contributed by atoms with van der Waals surface area (Å²) < 4.78 is 156. The van der Waals surface area contributed by atoms with Crippen molar-refractivity contribution in [2.75, 3.05) is 12.8 Å². The molecule has 370 valence electrons. The van der Waals surface area contributed by atoms with Gasteiger partial charge in [-0.1, -0.05) is 10.1 Å². The van der Waals surface area contributed by atoms with Crippen LogP contribution in [-0.2, 0) is 59.2 Å². The molecule has 0 aliphatic rings. The van der Waals surface area contributed by atoms with Crippen LogP contribution in [0, 0.1) is 10.1 Å². The van der Waals surface area contributed by atoms with E-state index in [0.29, 0.717) is 30.2 Å². The molecule has 70 heavy (non-hydrogen) atoms. The lowest BCUT2D eigenvalue weighted by Gasteiger charge is -2.14. The molecule has 0 unspecified atom stereocenters. The Morgan fingerprint density at radius 1 is 0.586 bits per heavy atom. The largest absolute Gasteiger partial charge is 0.505 e. The fourth-order valence-corrected chi connectivity index (χ4v) is 9.83. The van der Waals surface area contributed by atoms with Gasteiger partial charge in [0.15, 0.2) is 11.5 Å². The number of nitrogens with zero attached hydrogens (tertiary/aromatic N) is 7. The molecule has 0 aliphatic carbocycles. The van der Waals surface area contributed by atoms with Gasteiger partial charge in [-0.2, -0.15) is 33.7 Å². The average Bonchev–Trinajstić information content (AvgIpc) is 3.27. The summed E-state index contributed by atoms with van der Waals surface area (Å²) in [7, 11) is -20.5. The Kier molecular flexibility index (Phi) is 15.3. The van der Waals surface area contributed by atoms with Crippen LogP contribution in [0.25, 0.3) is 21.5 Å². The number of non-ortho nitro benzene ring substituents is 1. The average molecular weight is 1090 g/mol. The van der Waals surface area contributed by atoms with Crippen LogP contribution in [0.15, 0.2) is 127 Å². The third kappa shape index (κ3) is 11.2. The van der Waals surface area contributed by atoms with E-state index in [-0.39, 0.29) is 28.4 Å². The van der Waals surface area contributed by atoms with Crippen molar-refractivity contribution in [3.05, 3.63) is 76.8 Å². The molecule has 10 N–H and O–H groups in total. The Morgan fingerprint density at radius 2 is 1.13 bits per heavy atom. The number of azo groups is 3. The molecule has 6 aromatic rings. The Balaban J connectivity index is 1.57. The summed E-state index contributed by atoms with van der Waals surface area (Å²) in [5, 5.41) is 78.3. The molecule has 0 atom stereocenters. The highest BCUT2D eigenvalue weighted by Gasteiger charge is 2.30. The first-order valence-electron chi connectivity index (χ1n) is 17.6. The Labute approximate surface area is 397 Å². The van der Waals surface area contributed by atoms with Crippen molar-refractivity contribution in [3.63, 3.8) is 0 Å². The first kappa shape index (κ1) is 52.7. The smallest absolute Gasteiger partial charge is 0.297 e. The summed E-state index contributed by atoms with van der Waals surface area (Å²) in [6.45, 7) is 0. The number of nitro groups is 1. The number of nitrogen functional groups attached to an aromatic ring is 1. The van der Waals surface area contributed by atoms with Crippen molar-refractivity contribution in [3.8, 4) is 17.2 Å². The minimum absolute atomic E-state index is 0.0166. The number of methoxy groups -OCH3 is 1. The predicted octanol–water partition coefficient (Wildman–Crippen LogP) is 7.99. The fraction of sp³-hybridized carbons (Fsp3) is 0.0303. The molecule has 0 aliphatic heterocycles. The topological polar surface area (TPSA) is 488 Å². The maximum atomic E-state index is 13.0. The maximum Gasteiger partial charge on any atom is 0.297 e. The van der Waals surface area contributed by atoms with E-state index in [1.807, 2.05) is 0 Å². The second kappa shape index (κ2) is 20.4. The molecule has 0 fully saturated rings. The Hall–Kier alpha value is -6.66. The number of hydrogen-bond acceptors (Lipinski definition) is 28. The van der Waals surface area contributed by atoms with E-state index in [0.717, 1.165) is 30.3 Å². The maximum absolute atomic E-state index is 13.0. The number of nitrogens with two attached hydrogens (primary N) is 1. The molecule has 0 amide bonds. The molecule has 31 nitrogen and oxygen atoms in total. The summed E-state index contributed by atoms with van der Waals surface area (Å²) in [6.07, 6.45) is 0. The number of nitro benzene ring substituents is 1. The van der Waals surface area contributed by atoms with Crippen molar-refractivity contribution in [2.45, 2.75) is 29.4 Å². The third-order valence-corrected chi connectivity index (χ3v) is 13.8. The number of phenolic OH excluding ortho intramolecular Hbond substituents is 2. The van der Waals surface area contributed by atoms with Crippen LogP contribution in [-0.4, -0.2) is 84.6 Å². The predicted molar refractivity (Wildman–Crippen MR) is 235 cm³/mol. The summed E-state index contributed by atoms with van der Waals surface area (Å²) in [6, 6.07) is 9.40. The van der Waals surface area contributed by atoms with Crippen molar-refractivity contribution in [1.82, 2.24) is 0 Å². The lowest BCUT2D eigenvalue weighted by molar-refractivity contribution is -0.432. The van der Waals surface area contributed by atoms with Gasteiger partial charge in [-0.3, -0.25) is 28.3 Å². The number of aromatic hydroxyl groups is 2. The standard InChI is InChI=1S/C33H24N8O23S6/c1-60-15-3-6-18(21(11-15)65-63-61-46)35-40-30-25(69(54,55)56)12-17-16(31(30)42)4-7-20(33(17)70(57,58)59)37-39-29-24(68(51,52)53)9-13-8-22(66-64-62-47)28(32(43)26(13)27(29)34)38-36-19-5-2-14(41(44)45)10-23(19)67(48,49)50/h2-12,42-43,46-47H,34H2,1H3,(H,48,49,50)(H,51,52,53)(H,54,55,56)(H,57,58,59). The van der Waals surface area contributed by atoms with E-state index in [1.165, 1.54) is 25.3 Å². The second-order valence-electron chi connectivity index (χ2n) is 13.1. The first-order valence-corrected chi connectivity index (χ1v) is 24.8. The zero-order valence-corrected chi connectivity index (χ0v) is 38.6. The quantitative estimate of drug-likeness (QED) is 0.00748. The molecule has 0 saturated heterocycles. The van der Waals surface area contributed by atoms with Crippen LogP contribution >= 0.6 is 24.1 Å². The van der Waals surface area contributed by atoms with E-state index in [1.54, 1.807) is 0 Å². The van der Waals surface area contributed by atoms with Gasteiger partial charge in [0.1, 0.15) is 59.5 Å². The van der Waals surface area contributed by atoms with Gasteiger partial charge in [0.25, 0.3) is 46.2 Å². The van der Waals surface area contributed by atoms with Crippen LogP contribution in [0.1, 0.15) is 0 Å². The SMILES string of the molecule is COc1ccc(N=Nc2c(S(=O)(=O)O)cc3c(S(=O)(=O)O)c(N=Nc4c(S(=O)(=O)O)cc5cc(SOOO)c(N=Nc6ccc([N+](=O)[O-])cc6S(=O)(=O)O)c(O)c5c4N)ccc3c2O)c(SOOO)c1. The Morgan fingerprint density at radius 3 is 1.71 bits per heavy atom. The lowest BCUT2D eigenvalue weighted by atomic mass is 10.1. The van der Waals surface area contributed by atoms with Gasteiger partial charge < -0.3 is 20.7 Å². The highest BCUT2D eigenvalue weighted by atomic mass is 32.2. The molecule has 6 rings (SSSR count). The van der Waals surface area contributed by atoms with Gasteiger partial charge >= 0.3 is 0 Å². The summed E-state index contributed by atoms with van der Waals surface area (Å²) in [5.74, 6) is -2.05. The highest BCUT2D eigenvalue weighted by molar-refractivity contribution is 7.95. The number of benzene rings is 6. The summed E-state index contributed by atoms with van der Waals surface area (Å²) in [4.78, 5) is 4.81. The van der Waals surface area contributed by atoms with E-state index in [2.05, 4.69) is 49.4 Å². The fourth-order valence-electron chi connectivity index (χ4n) is 6.09. The zero-order chi connectivity index (χ0) is 51.7. The van der Waals surface area contributed by atoms with Gasteiger partial charge in [0.05, 0.1) is 57.0 Å². The molecule has 0 spiro atoms. The van der Waals surface area contributed by atoms with E-state index < -0.39 is 143 Å². The van der Waals surface area contributed by atoms with Crippen LogP contribution < -0.4 is 10.5 Å². The molecule has 37 heteroatoms. The molecule has 0 bridgehead atoms. The van der Waals surface area contributed by atoms with Crippen molar-refractivity contribution < 1.29 is 101 Å². The Bertz CT molecular complexity index is 3710. The van der Waals surface area contributed by atoms with Gasteiger partial charge in [-0.25, -0.2) is 10.5 Å². The zero-order valence-electron chi connectivity index (χ0n) is 33.7. The molecule has 0 radical (unpaired) electrons. The summed E-state index contributed by atoms with van der Waals surface area (Å²) in [5.41, 5.74) is -0.168. The van der Waals surface area contributed by atoms with Crippen LogP contribution in [0.2, 0.25) is 0 Å². The number of phenols is 2. The van der Waals surface area contributed by atoms with Gasteiger partial charge in [0, 0.05) is 22.9 Å². The monoisotopic (exact) mass is 1090 g/mol. The normalized spacial score (nSPS) is 12.8. The van der Waals surface area contributed by atoms with Gasteiger partial charge in [-0.05, 0) is 60.0 Å². The number of ether oxygens (including phenoxy) is 1. The molecule has 6 aromatic carbocycles. The van der Waals surface area contributed by atoms with Crippen LogP contribution in [0.4, 0.5) is 45.5 Å². The minimum Gasteiger partial charge on any atom is -0.505 e. The van der Waals surface area contributed by atoms with E-state index in [9.17, 15) is 72.2 Å². The minimum atomic E-state index is -5.64. The first-order chi connectivity index (χ1) is 32.7. The number of rotatable bonds is 18. The number of hydrogen-bond donors (Lipinski definition) is 9. The van der Waals surface area contributed by atoms with Crippen molar-refractivity contribution in [1.29, 1.82) is 0 Å². The number of anilines is 1. The van der Waals surface area contributed by atoms with Crippen LogP contribution in [0.3, 0.4) is 0 Å². The molecule has 0 saturated carbocycles. The van der Waals surface area contributed by atoms with Crippen LogP contribution in [0.5, 0.6) is 17.2 Å². The van der Waals surface area contributed by atoms with Gasteiger partial charge in [0.2, 0.25) is 0 Å². The second-order valence-corrected chi connectivity index (χ2v) is 20.1. The number of fused-ring (bicyclic) bond motifs is 2. The molecule has 0 heterocycles. The van der Waals surface area contributed by atoms with Gasteiger partial charge in [-0.15, -0.1) is 39.4 Å². The van der Waals surface area contributed by atoms with Crippen molar-refractivity contribution >= 4 is 132 Å². The lowest BCUT2D eigenvalue weighted by Crippen LogP contribution is -2.03. The molecular weight excluding hydrogens is 1070 g/mol. The third-order valence-electron chi connectivity index (χ3n) is 8.97.